The lowest BCUT2D eigenvalue weighted by Crippen LogP contribution is -2.51. The fourth-order valence-corrected chi connectivity index (χ4v) is 4.06. The van der Waals surface area contributed by atoms with Crippen molar-refractivity contribution in [2.75, 3.05) is 33.7 Å². The minimum atomic E-state index is 0.717. The molecule has 1 aliphatic heterocycles. The highest BCUT2D eigenvalue weighted by molar-refractivity contribution is 4.88. The van der Waals surface area contributed by atoms with Gasteiger partial charge in [-0.05, 0) is 59.3 Å². The first-order valence-electron chi connectivity index (χ1n) is 8.86. The van der Waals surface area contributed by atoms with Crippen LogP contribution in [-0.2, 0) is 0 Å². The van der Waals surface area contributed by atoms with Gasteiger partial charge in [-0.1, -0.05) is 26.2 Å². The topological polar surface area (TPSA) is 18.5 Å². The Bertz CT molecular complexity index is 269. The van der Waals surface area contributed by atoms with Crippen LogP contribution in [0.15, 0.2) is 0 Å². The SMILES string of the molecule is CCCNC1CCCCCC1N(C)CC1CCCN1C. The van der Waals surface area contributed by atoms with E-state index in [4.69, 9.17) is 0 Å². The molecule has 3 unspecified atom stereocenters. The van der Waals surface area contributed by atoms with Crippen molar-refractivity contribution in [1.82, 2.24) is 15.1 Å². The van der Waals surface area contributed by atoms with E-state index in [1.807, 2.05) is 0 Å². The van der Waals surface area contributed by atoms with Gasteiger partial charge in [-0.25, -0.2) is 0 Å². The Morgan fingerprint density at radius 1 is 1.10 bits per heavy atom. The molecule has 20 heavy (non-hydrogen) atoms. The van der Waals surface area contributed by atoms with Gasteiger partial charge in [-0.2, -0.15) is 0 Å². The summed E-state index contributed by atoms with van der Waals surface area (Å²) in [7, 11) is 4.66. The zero-order chi connectivity index (χ0) is 14.4. The summed E-state index contributed by atoms with van der Waals surface area (Å²) in [6, 6.07) is 2.25. The number of nitrogens with one attached hydrogen (secondary N) is 1. The normalized spacial score (nSPS) is 32.7. The van der Waals surface area contributed by atoms with E-state index >= 15 is 0 Å². The van der Waals surface area contributed by atoms with Gasteiger partial charge in [0.15, 0.2) is 0 Å². The van der Waals surface area contributed by atoms with Crippen LogP contribution in [0, 0.1) is 0 Å². The zero-order valence-electron chi connectivity index (χ0n) is 13.9. The number of likely N-dealkylation sites (N-methyl/N-ethyl adjacent to an activating group) is 2. The second-order valence-corrected chi connectivity index (χ2v) is 6.98. The van der Waals surface area contributed by atoms with Gasteiger partial charge in [0.05, 0.1) is 0 Å². The molecule has 3 atom stereocenters. The van der Waals surface area contributed by atoms with Gasteiger partial charge in [0.1, 0.15) is 0 Å². The van der Waals surface area contributed by atoms with Crippen LogP contribution in [-0.4, -0.2) is 61.7 Å². The van der Waals surface area contributed by atoms with Crippen molar-refractivity contribution < 1.29 is 0 Å². The second kappa shape index (κ2) is 8.35. The molecule has 3 nitrogen and oxygen atoms in total. The molecule has 1 saturated heterocycles. The number of likely N-dealkylation sites (tertiary alicyclic amines) is 1. The summed E-state index contributed by atoms with van der Waals surface area (Å²) in [5, 5.41) is 3.82. The molecule has 1 saturated carbocycles. The molecule has 3 heteroatoms. The molecule has 0 bridgehead atoms. The number of hydrogen-bond donors (Lipinski definition) is 1. The Hall–Kier alpha value is -0.120. The van der Waals surface area contributed by atoms with Gasteiger partial charge < -0.3 is 15.1 Å². The van der Waals surface area contributed by atoms with E-state index in [9.17, 15) is 0 Å². The van der Waals surface area contributed by atoms with E-state index in [1.54, 1.807) is 0 Å². The summed E-state index contributed by atoms with van der Waals surface area (Å²) >= 11 is 0. The summed E-state index contributed by atoms with van der Waals surface area (Å²) < 4.78 is 0. The van der Waals surface area contributed by atoms with Crippen molar-refractivity contribution in [1.29, 1.82) is 0 Å². The van der Waals surface area contributed by atoms with Crippen LogP contribution in [0.4, 0.5) is 0 Å². The summed E-state index contributed by atoms with van der Waals surface area (Å²) in [5.74, 6) is 0. The summed E-state index contributed by atoms with van der Waals surface area (Å²) in [6.07, 6.45) is 11.0. The highest BCUT2D eigenvalue weighted by atomic mass is 15.2. The Morgan fingerprint density at radius 2 is 1.90 bits per heavy atom. The van der Waals surface area contributed by atoms with Gasteiger partial charge in [0.25, 0.3) is 0 Å². The van der Waals surface area contributed by atoms with Crippen LogP contribution >= 0.6 is 0 Å². The Labute approximate surface area is 126 Å². The maximum absolute atomic E-state index is 3.82. The summed E-state index contributed by atoms with van der Waals surface area (Å²) in [6.45, 7) is 6.00. The van der Waals surface area contributed by atoms with Crippen LogP contribution in [0.1, 0.15) is 58.3 Å². The maximum atomic E-state index is 3.82. The Balaban J connectivity index is 1.90. The summed E-state index contributed by atoms with van der Waals surface area (Å²) in [4.78, 5) is 5.23. The van der Waals surface area contributed by atoms with Crippen LogP contribution in [0.5, 0.6) is 0 Å². The largest absolute Gasteiger partial charge is 0.312 e. The van der Waals surface area contributed by atoms with Crippen LogP contribution in [0.2, 0.25) is 0 Å². The first-order chi connectivity index (χ1) is 9.72. The molecule has 0 aromatic rings. The van der Waals surface area contributed by atoms with E-state index in [1.165, 1.54) is 71.0 Å². The molecule has 2 rings (SSSR count). The highest BCUT2D eigenvalue weighted by Crippen LogP contribution is 2.24. The standard InChI is InChI=1S/C17H35N3/c1-4-12-18-16-10-6-5-7-11-17(16)20(3)14-15-9-8-13-19(15)2/h15-18H,4-14H2,1-3H3. The maximum Gasteiger partial charge on any atom is 0.0246 e. The predicted molar refractivity (Wildman–Crippen MR) is 87.2 cm³/mol. The van der Waals surface area contributed by atoms with Crippen molar-refractivity contribution in [3.8, 4) is 0 Å². The molecule has 0 spiro atoms. The molecule has 2 aliphatic rings. The minimum absolute atomic E-state index is 0.717. The summed E-state index contributed by atoms with van der Waals surface area (Å²) in [5.41, 5.74) is 0. The van der Waals surface area contributed by atoms with Crippen molar-refractivity contribution in [2.45, 2.75) is 76.4 Å². The third kappa shape index (κ3) is 4.44. The van der Waals surface area contributed by atoms with E-state index in [-0.39, 0.29) is 0 Å². The number of nitrogens with zero attached hydrogens (tertiary/aromatic N) is 2. The van der Waals surface area contributed by atoms with Crippen molar-refractivity contribution in [3.05, 3.63) is 0 Å². The average molecular weight is 281 g/mol. The molecule has 0 amide bonds. The first kappa shape index (κ1) is 16.3. The van der Waals surface area contributed by atoms with E-state index in [0.29, 0.717) is 6.04 Å². The minimum Gasteiger partial charge on any atom is -0.312 e. The lowest BCUT2D eigenvalue weighted by Gasteiger charge is -2.36. The third-order valence-corrected chi connectivity index (χ3v) is 5.37. The molecule has 118 valence electrons. The number of rotatable bonds is 6. The van der Waals surface area contributed by atoms with Gasteiger partial charge in [-0.15, -0.1) is 0 Å². The third-order valence-electron chi connectivity index (χ3n) is 5.37. The van der Waals surface area contributed by atoms with Crippen LogP contribution in [0.25, 0.3) is 0 Å². The van der Waals surface area contributed by atoms with E-state index in [0.717, 1.165) is 12.1 Å². The quantitative estimate of drug-likeness (QED) is 0.755. The fourth-order valence-electron chi connectivity index (χ4n) is 4.06. The van der Waals surface area contributed by atoms with Gasteiger partial charge in [-0.3, -0.25) is 0 Å². The van der Waals surface area contributed by atoms with Gasteiger partial charge >= 0.3 is 0 Å². The molecule has 1 aliphatic carbocycles. The lowest BCUT2D eigenvalue weighted by molar-refractivity contribution is 0.141. The van der Waals surface area contributed by atoms with Crippen LogP contribution in [0.3, 0.4) is 0 Å². The fraction of sp³-hybridized carbons (Fsp3) is 1.00. The van der Waals surface area contributed by atoms with Crippen molar-refractivity contribution >= 4 is 0 Å². The molecule has 0 aromatic heterocycles. The van der Waals surface area contributed by atoms with E-state index in [2.05, 4.69) is 36.1 Å². The van der Waals surface area contributed by atoms with Crippen molar-refractivity contribution in [2.24, 2.45) is 0 Å². The molecule has 1 N–H and O–H groups in total. The van der Waals surface area contributed by atoms with Gasteiger partial charge in [0.2, 0.25) is 0 Å². The second-order valence-electron chi connectivity index (χ2n) is 6.98. The first-order valence-corrected chi connectivity index (χ1v) is 8.86. The van der Waals surface area contributed by atoms with E-state index < -0.39 is 0 Å². The predicted octanol–water partition coefficient (Wildman–Crippen LogP) is 2.71. The molecule has 0 radical (unpaired) electrons. The molecule has 2 fully saturated rings. The molecule has 0 aromatic carbocycles. The Kier molecular flexibility index (Phi) is 6.79. The highest BCUT2D eigenvalue weighted by Gasteiger charge is 2.29. The van der Waals surface area contributed by atoms with Gasteiger partial charge in [0, 0.05) is 24.7 Å². The monoisotopic (exact) mass is 281 g/mol. The molecule has 1 heterocycles. The Morgan fingerprint density at radius 3 is 2.60 bits per heavy atom. The zero-order valence-corrected chi connectivity index (χ0v) is 13.9. The lowest BCUT2D eigenvalue weighted by atomic mass is 10.0. The number of hydrogen-bond acceptors (Lipinski definition) is 3. The average Bonchev–Trinajstić information content (AvgIpc) is 2.71. The molecular weight excluding hydrogens is 246 g/mol. The molecular formula is C17H35N3. The smallest absolute Gasteiger partial charge is 0.0246 e. The van der Waals surface area contributed by atoms with Crippen LogP contribution < -0.4 is 5.32 Å². The van der Waals surface area contributed by atoms with Crippen molar-refractivity contribution in [3.63, 3.8) is 0 Å².